The average Bonchev–Trinajstić information content (AvgIpc) is 3.15. The molecule has 1 amide bonds. The largest absolute Gasteiger partial charge is 0.347 e. The maximum Gasteiger partial charge on any atom is 0.265 e. The van der Waals surface area contributed by atoms with E-state index in [9.17, 15) is 13.6 Å². The molecule has 7 heteroatoms. The van der Waals surface area contributed by atoms with Gasteiger partial charge < -0.3 is 5.32 Å². The lowest BCUT2D eigenvalue weighted by atomic mass is 10.2. The van der Waals surface area contributed by atoms with Crippen LogP contribution in [0.1, 0.15) is 39.7 Å². The molecule has 1 fully saturated rings. The zero-order valence-electron chi connectivity index (χ0n) is 10.4. The SMILES string of the molecule is O=C(NCc1c(F)cccc1F)c1snnc1C1CC1. The monoisotopic (exact) mass is 295 g/mol. The maximum atomic E-state index is 13.4. The molecule has 0 bridgehead atoms. The number of halogens is 2. The van der Waals surface area contributed by atoms with Crippen LogP contribution in [0.2, 0.25) is 0 Å². The summed E-state index contributed by atoms with van der Waals surface area (Å²) in [6.45, 7) is -0.195. The van der Waals surface area contributed by atoms with Crippen LogP contribution in [0.3, 0.4) is 0 Å². The van der Waals surface area contributed by atoms with Crippen LogP contribution in [0.4, 0.5) is 8.78 Å². The minimum atomic E-state index is -0.671. The second kappa shape index (κ2) is 5.24. The van der Waals surface area contributed by atoms with Crippen molar-refractivity contribution in [1.29, 1.82) is 0 Å². The highest BCUT2D eigenvalue weighted by molar-refractivity contribution is 7.08. The van der Waals surface area contributed by atoms with Crippen LogP contribution < -0.4 is 5.32 Å². The van der Waals surface area contributed by atoms with Crippen molar-refractivity contribution in [1.82, 2.24) is 14.9 Å². The number of hydrogen-bond acceptors (Lipinski definition) is 4. The third-order valence-electron chi connectivity index (χ3n) is 3.17. The molecular formula is C13H11F2N3OS. The van der Waals surface area contributed by atoms with Crippen LogP contribution in [-0.2, 0) is 6.54 Å². The molecule has 1 aliphatic carbocycles. The molecule has 0 radical (unpaired) electrons. The van der Waals surface area contributed by atoms with E-state index in [1.54, 1.807) is 0 Å². The van der Waals surface area contributed by atoms with Crippen molar-refractivity contribution >= 4 is 17.4 Å². The first-order chi connectivity index (χ1) is 9.66. The molecule has 1 aliphatic rings. The fourth-order valence-corrected chi connectivity index (χ4v) is 2.60. The smallest absolute Gasteiger partial charge is 0.265 e. The van der Waals surface area contributed by atoms with E-state index in [2.05, 4.69) is 14.9 Å². The molecule has 1 saturated carbocycles. The van der Waals surface area contributed by atoms with Gasteiger partial charge in [-0.3, -0.25) is 4.79 Å². The van der Waals surface area contributed by atoms with Gasteiger partial charge in [-0.2, -0.15) is 0 Å². The summed E-state index contributed by atoms with van der Waals surface area (Å²) in [7, 11) is 0. The fourth-order valence-electron chi connectivity index (χ4n) is 1.93. The fraction of sp³-hybridized carbons (Fsp3) is 0.308. The van der Waals surface area contributed by atoms with Crippen molar-refractivity contribution < 1.29 is 13.6 Å². The molecular weight excluding hydrogens is 284 g/mol. The summed E-state index contributed by atoms with van der Waals surface area (Å²) in [6.07, 6.45) is 2.02. The van der Waals surface area contributed by atoms with Gasteiger partial charge in [0.25, 0.3) is 5.91 Å². The first-order valence-corrected chi connectivity index (χ1v) is 6.97. The van der Waals surface area contributed by atoms with Gasteiger partial charge in [0.15, 0.2) is 0 Å². The molecule has 0 unspecified atom stereocenters. The minimum Gasteiger partial charge on any atom is -0.347 e. The predicted molar refractivity (Wildman–Crippen MR) is 69.4 cm³/mol. The zero-order valence-corrected chi connectivity index (χ0v) is 11.2. The normalized spacial score (nSPS) is 14.3. The summed E-state index contributed by atoms with van der Waals surface area (Å²) in [5.41, 5.74) is 0.549. The molecule has 4 nitrogen and oxygen atoms in total. The molecule has 104 valence electrons. The molecule has 2 aromatic rings. The van der Waals surface area contributed by atoms with Gasteiger partial charge in [-0.1, -0.05) is 10.6 Å². The lowest BCUT2D eigenvalue weighted by Crippen LogP contribution is -2.24. The predicted octanol–water partition coefficient (Wildman–Crippen LogP) is 2.62. The van der Waals surface area contributed by atoms with Gasteiger partial charge in [0.1, 0.15) is 16.5 Å². The zero-order chi connectivity index (χ0) is 14.1. The maximum absolute atomic E-state index is 13.4. The van der Waals surface area contributed by atoms with Crippen molar-refractivity contribution in [2.45, 2.75) is 25.3 Å². The Morgan fingerprint density at radius 1 is 1.35 bits per heavy atom. The number of carbonyl (C=O) groups excluding carboxylic acids is 1. The number of rotatable bonds is 4. The molecule has 1 aromatic carbocycles. The lowest BCUT2D eigenvalue weighted by molar-refractivity contribution is 0.0953. The minimum absolute atomic E-state index is 0.147. The summed E-state index contributed by atoms with van der Waals surface area (Å²) in [4.78, 5) is 12.5. The van der Waals surface area contributed by atoms with Crippen LogP contribution in [0.5, 0.6) is 0 Å². The van der Waals surface area contributed by atoms with E-state index in [1.807, 2.05) is 0 Å². The van der Waals surface area contributed by atoms with Crippen molar-refractivity contribution in [3.8, 4) is 0 Å². The third kappa shape index (κ3) is 2.53. The Morgan fingerprint density at radius 3 is 2.70 bits per heavy atom. The Labute approximate surface area is 118 Å². The van der Waals surface area contributed by atoms with E-state index in [0.29, 0.717) is 16.5 Å². The Hall–Kier alpha value is -1.89. The number of nitrogens with zero attached hydrogens (tertiary/aromatic N) is 2. The van der Waals surface area contributed by atoms with Gasteiger partial charge in [0, 0.05) is 18.0 Å². The summed E-state index contributed by atoms with van der Waals surface area (Å²) < 4.78 is 30.7. The second-order valence-electron chi connectivity index (χ2n) is 4.64. The van der Waals surface area contributed by atoms with Crippen LogP contribution in [-0.4, -0.2) is 15.5 Å². The van der Waals surface area contributed by atoms with E-state index in [1.165, 1.54) is 6.07 Å². The Kier molecular flexibility index (Phi) is 3.43. The molecule has 3 rings (SSSR count). The molecule has 1 heterocycles. The molecule has 1 aromatic heterocycles. The highest BCUT2D eigenvalue weighted by atomic mass is 32.1. The summed E-state index contributed by atoms with van der Waals surface area (Å²) >= 11 is 1.01. The van der Waals surface area contributed by atoms with Gasteiger partial charge >= 0.3 is 0 Å². The van der Waals surface area contributed by atoms with E-state index in [0.717, 1.165) is 36.5 Å². The number of carbonyl (C=O) groups is 1. The van der Waals surface area contributed by atoms with Gasteiger partial charge in [-0.15, -0.1) is 5.10 Å². The highest BCUT2D eigenvalue weighted by Gasteiger charge is 2.31. The van der Waals surface area contributed by atoms with Gasteiger partial charge in [-0.05, 0) is 36.5 Å². The number of benzene rings is 1. The molecule has 0 saturated heterocycles. The van der Waals surface area contributed by atoms with E-state index in [-0.39, 0.29) is 18.0 Å². The van der Waals surface area contributed by atoms with E-state index < -0.39 is 11.6 Å². The van der Waals surface area contributed by atoms with Crippen molar-refractivity contribution in [3.05, 3.63) is 46.0 Å². The van der Waals surface area contributed by atoms with Crippen LogP contribution >= 0.6 is 11.5 Å². The Morgan fingerprint density at radius 2 is 2.05 bits per heavy atom. The molecule has 0 atom stereocenters. The average molecular weight is 295 g/mol. The molecule has 20 heavy (non-hydrogen) atoms. The summed E-state index contributed by atoms with van der Waals surface area (Å²) in [5.74, 6) is -1.42. The Balaban J connectivity index is 1.72. The van der Waals surface area contributed by atoms with Crippen LogP contribution in [0.25, 0.3) is 0 Å². The number of aromatic nitrogens is 2. The van der Waals surface area contributed by atoms with E-state index in [4.69, 9.17) is 0 Å². The number of amides is 1. The first-order valence-electron chi connectivity index (χ1n) is 6.20. The van der Waals surface area contributed by atoms with Gasteiger partial charge in [-0.25, -0.2) is 8.78 Å². The summed E-state index contributed by atoms with van der Waals surface area (Å²) in [5, 5.41) is 6.47. The van der Waals surface area contributed by atoms with Crippen LogP contribution in [0, 0.1) is 11.6 Å². The van der Waals surface area contributed by atoms with Crippen molar-refractivity contribution in [2.24, 2.45) is 0 Å². The lowest BCUT2D eigenvalue weighted by Gasteiger charge is -2.06. The molecule has 0 spiro atoms. The third-order valence-corrected chi connectivity index (χ3v) is 3.91. The van der Waals surface area contributed by atoms with Crippen LogP contribution in [0.15, 0.2) is 18.2 Å². The Bertz CT molecular complexity index is 635. The van der Waals surface area contributed by atoms with Gasteiger partial charge in [0.05, 0.1) is 5.69 Å². The molecule has 1 N–H and O–H groups in total. The first kappa shape index (κ1) is 13.1. The van der Waals surface area contributed by atoms with Gasteiger partial charge in [0.2, 0.25) is 0 Å². The number of hydrogen-bond donors (Lipinski definition) is 1. The summed E-state index contributed by atoms with van der Waals surface area (Å²) in [6, 6.07) is 3.61. The number of nitrogens with one attached hydrogen (secondary N) is 1. The van der Waals surface area contributed by atoms with Crippen molar-refractivity contribution in [3.63, 3.8) is 0 Å². The quantitative estimate of drug-likeness (QED) is 0.943. The second-order valence-corrected chi connectivity index (χ2v) is 5.40. The van der Waals surface area contributed by atoms with E-state index >= 15 is 0 Å². The van der Waals surface area contributed by atoms with Crippen molar-refractivity contribution in [2.75, 3.05) is 0 Å². The topological polar surface area (TPSA) is 54.9 Å². The standard InChI is InChI=1S/C13H11F2N3OS/c14-9-2-1-3-10(15)8(9)6-16-13(19)12-11(7-4-5-7)17-18-20-12/h1-3,7H,4-6H2,(H,16,19). The molecule has 0 aliphatic heterocycles. The highest BCUT2D eigenvalue weighted by Crippen LogP contribution is 2.41.